The van der Waals surface area contributed by atoms with E-state index in [4.69, 9.17) is 0 Å². The number of benzene rings is 1. The predicted molar refractivity (Wildman–Crippen MR) is 102 cm³/mol. The normalized spacial score (nSPS) is 13.0. The number of para-hydroxylation sites is 1. The van der Waals surface area contributed by atoms with Gasteiger partial charge in [0.1, 0.15) is 6.04 Å². The molecule has 0 saturated heterocycles. The molecule has 2 heterocycles. The number of nitrogens with one attached hydrogen (secondary N) is 2. The SMILES string of the molecule is CC/C(=N/NC(=O)[C@H](C)Nc1nc2ccccc2s1)c1cccs1. The van der Waals surface area contributed by atoms with Crippen molar-refractivity contribution in [3.8, 4) is 0 Å². The molecule has 0 aliphatic heterocycles. The number of hydrogen-bond acceptors (Lipinski definition) is 6. The van der Waals surface area contributed by atoms with Gasteiger partial charge in [-0.25, -0.2) is 10.4 Å². The highest BCUT2D eigenvalue weighted by molar-refractivity contribution is 7.22. The second-order valence-electron chi connectivity index (χ2n) is 5.22. The van der Waals surface area contributed by atoms with E-state index in [9.17, 15) is 4.79 Å². The number of carbonyl (C=O) groups excluding carboxylic acids is 1. The first-order valence-corrected chi connectivity index (χ1v) is 9.39. The number of aromatic nitrogens is 1. The third-order valence-corrected chi connectivity index (χ3v) is 5.36. The van der Waals surface area contributed by atoms with E-state index in [1.165, 1.54) is 11.3 Å². The number of hydrogen-bond donors (Lipinski definition) is 2. The molecule has 2 aromatic heterocycles. The number of fused-ring (bicyclic) bond motifs is 1. The molecule has 0 aliphatic carbocycles. The van der Waals surface area contributed by atoms with Crippen LogP contribution in [0.3, 0.4) is 0 Å². The summed E-state index contributed by atoms with van der Waals surface area (Å²) < 4.78 is 1.09. The zero-order chi connectivity index (χ0) is 16.9. The Morgan fingerprint density at radius 2 is 2.12 bits per heavy atom. The summed E-state index contributed by atoms with van der Waals surface area (Å²) in [4.78, 5) is 17.8. The highest BCUT2D eigenvalue weighted by Gasteiger charge is 2.14. The van der Waals surface area contributed by atoms with Crippen molar-refractivity contribution in [3.05, 3.63) is 46.7 Å². The van der Waals surface area contributed by atoms with Gasteiger partial charge in [-0.3, -0.25) is 4.79 Å². The molecule has 0 radical (unpaired) electrons. The van der Waals surface area contributed by atoms with E-state index in [1.807, 2.05) is 48.7 Å². The van der Waals surface area contributed by atoms with Gasteiger partial charge in [-0.1, -0.05) is 36.5 Å². The van der Waals surface area contributed by atoms with Gasteiger partial charge in [-0.15, -0.1) is 11.3 Å². The lowest BCUT2D eigenvalue weighted by Gasteiger charge is -2.11. The van der Waals surface area contributed by atoms with Crippen molar-refractivity contribution in [2.24, 2.45) is 5.10 Å². The number of amides is 1. The van der Waals surface area contributed by atoms with E-state index in [1.54, 1.807) is 18.3 Å². The van der Waals surface area contributed by atoms with Gasteiger partial charge in [0.25, 0.3) is 5.91 Å². The number of rotatable bonds is 6. The lowest BCUT2D eigenvalue weighted by atomic mass is 10.2. The molecule has 3 rings (SSSR count). The summed E-state index contributed by atoms with van der Waals surface area (Å²) in [5.41, 5.74) is 4.46. The van der Waals surface area contributed by atoms with Crippen LogP contribution in [-0.2, 0) is 4.79 Å². The molecule has 5 nitrogen and oxygen atoms in total. The first-order valence-electron chi connectivity index (χ1n) is 7.69. The van der Waals surface area contributed by atoms with Crippen LogP contribution in [-0.4, -0.2) is 22.6 Å². The Balaban J connectivity index is 1.64. The van der Waals surface area contributed by atoms with Gasteiger partial charge >= 0.3 is 0 Å². The van der Waals surface area contributed by atoms with Gasteiger partial charge in [-0.2, -0.15) is 5.10 Å². The molecule has 0 bridgehead atoms. The molecule has 0 fully saturated rings. The van der Waals surface area contributed by atoms with E-state index < -0.39 is 6.04 Å². The molecule has 1 atom stereocenters. The minimum absolute atomic E-state index is 0.184. The predicted octanol–water partition coefficient (Wildman–Crippen LogP) is 4.09. The lowest BCUT2D eigenvalue weighted by Crippen LogP contribution is -2.35. The fourth-order valence-electron chi connectivity index (χ4n) is 2.16. The number of thiazole rings is 1. The van der Waals surface area contributed by atoms with Crippen LogP contribution in [0.1, 0.15) is 25.1 Å². The van der Waals surface area contributed by atoms with Crippen LogP contribution in [0.15, 0.2) is 46.9 Å². The van der Waals surface area contributed by atoms with Gasteiger partial charge in [0.05, 0.1) is 20.8 Å². The standard InChI is InChI=1S/C17H18N4OS2/c1-3-12(14-9-6-10-23-14)20-21-16(22)11(2)18-17-19-13-7-4-5-8-15(13)24-17/h4-11H,3H2,1-2H3,(H,18,19)(H,21,22)/b20-12-/t11-/m0/s1. The minimum atomic E-state index is -0.421. The molecular formula is C17H18N4OS2. The second kappa shape index (κ2) is 7.55. The average Bonchev–Trinajstić information content (AvgIpc) is 3.24. The summed E-state index contributed by atoms with van der Waals surface area (Å²) in [6.07, 6.45) is 0.764. The summed E-state index contributed by atoms with van der Waals surface area (Å²) in [6, 6.07) is 11.5. The van der Waals surface area contributed by atoms with Crippen molar-refractivity contribution in [3.63, 3.8) is 0 Å². The van der Waals surface area contributed by atoms with Crippen LogP contribution in [0, 0.1) is 0 Å². The summed E-state index contributed by atoms with van der Waals surface area (Å²) in [7, 11) is 0. The maximum Gasteiger partial charge on any atom is 0.262 e. The summed E-state index contributed by atoms with van der Waals surface area (Å²) in [5, 5.41) is 10.1. The minimum Gasteiger partial charge on any atom is -0.350 e. The van der Waals surface area contributed by atoms with Gasteiger partial charge < -0.3 is 5.32 Å². The number of nitrogens with zero attached hydrogens (tertiary/aromatic N) is 2. The molecule has 0 aliphatic rings. The topological polar surface area (TPSA) is 66.4 Å². The monoisotopic (exact) mass is 358 g/mol. The molecule has 124 valence electrons. The zero-order valence-corrected chi connectivity index (χ0v) is 15.1. The number of hydrazone groups is 1. The summed E-state index contributed by atoms with van der Waals surface area (Å²) in [5.74, 6) is -0.184. The Morgan fingerprint density at radius 3 is 2.83 bits per heavy atom. The number of thiophene rings is 1. The van der Waals surface area contributed by atoms with Crippen molar-refractivity contribution in [2.45, 2.75) is 26.3 Å². The van der Waals surface area contributed by atoms with Crippen molar-refractivity contribution in [2.75, 3.05) is 5.32 Å². The van der Waals surface area contributed by atoms with Crippen LogP contribution >= 0.6 is 22.7 Å². The first kappa shape index (κ1) is 16.6. The number of anilines is 1. The van der Waals surface area contributed by atoms with Crippen molar-refractivity contribution < 1.29 is 4.79 Å². The quantitative estimate of drug-likeness (QED) is 0.515. The van der Waals surface area contributed by atoms with Gasteiger partial charge in [0.2, 0.25) is 0 Å². The molecule has 24 heavy (non-hydrogen) atoms. The Morgan fingerprint density at radius 1 is 1.29 bits per heavy atom. The van der Waals surface area contributed by atoms with E-state index >= 15 is 0 Å². The highest BCUT2D eigenvalue weighted by atomic mass is 32.1. The molecule has 0 unspecified atom stereocenters. The molecule has 1 aromatic carbocycles. The Labute approximate surface area is 148 Å². The van der Waals surface area contributed by atoms with Gasteiger partial charge in [0, 0.05) is 0 Å². The molecular weight excluding hydrogens is 340 g/mol. The smallest absolute Gasteiger partial charge is 0.262 e. The fraction of sp³-hybridized carbons (Fsp3) is 0.235. The second-order valence-corrected chi connectivity index (χ2v) is 7.20. The van der Waals surface area contributed by atoms with Crippen LogP contribution in [0.4, 0.5) is 5.13 Å². The van der Waals surface area contributed by atoms with Gasteiger partial charge in [-0.05, 0) is 36.9 Å². The molecule has 7 heteroatoms. The van der Waals surface area contributed by atoms with Gasteiger partial charge in [0.15, 0.2) is 5.13 Å². The third-order valence-electron chi connectivity index (χ3n) is 3.47. The van der Waals surface area contributed by atoms with Crippen LogP contribution in [0.2, 0.25) is 0 Å². The first-order chi connectivity index (χ1) is 11.7. The molecule has 0 saturated carbocycles. The van der Waals surface area contributed by atoms with Crippen LogP contribution in [0.5, 0.6) is 0 Å². The Hall–Kier alpha value is -2.25. The Kier molecular flexibility index (Phi) is 5.22. The van der Waals surface area contributed by atoms with Crippen molar-refractivity contribution in [1.29, 1.82) is 0 Å². The summed E-state index contributed by atoms with van der Waals surface area (Å²) >= 11 is 3.15. The van der Waals surface area contributed by atoms with E-state index in [-0.39, 0.29) is 5.91 Å². The summed E-state index contributed by atoms with van der Waals surface area (Å²) in [6.45, 7) is 3.82. The number of carbonyl (C=O) groups is 1. The third kappa shape index (κ3) is 3.80. The molecule has 1 amide bonds. The maximum atomic E-state index is 12.3. The maximum absolute atomic E-state index is 12.3. The zero-order valence-electron chi connectivity index (χ0n) is 13.4. The van der Waals surface area contributed by atoms with Crippen molar-refractivity contribution >= 4 is 49.6 Å². The molecule has 0 spiro atoms. The Bertz CT molecular complexity index is 821. The highest BCUT2D eigenvalue weighted by Crippen LogP contribution is 2.25. The lowest BCUT2D eigenvalue weighted by molar-refractivity contribution is -0.121. The van der Waals surface area contributed by atoms with E-state index in [2.05, 4.69) is 20.8 Å². The fourth-order valence-corrected chi connectivity index (χ4v) is 3.90. The molecule has 3 aromatic rings. The van der Waals surface area contributed by atoms with Crippen molar-refractivity contribution in [1.82, 2.24) is 10.4 Å². The van der Waals surface area contributed by atoms with Crippen LogP contribution in [0.25, 0.3) is 10.2 Å². The van der Waals surface area contributed by atoms with E-state index in [0.717, 1.165) is 32.4 Å². The largest absolute Gasteiger partial charge is 0.350 e. The molecule has 2 N–H and O–H groups in total. The average molecular weight is 358 g/mol. The van der Waals surface area contributed by atoms with E-state index in [0.29, 0.717) is 0 Å². The van der Waals surface area contributed by atoms with Crippen LogP contribution < -0.4 is 10.7 Å².